The number of hydrogen-bond donors (Lipinski definition) is 1. The molecule has 1 aromatic heterocycles. The van der Waals surface area contributed by atoms with Crippen molar-refractivity contribution in [2.45, 2.75) is 45.7 Å². The molecule has 6 heteroatoms. The van der Waals surface area contributed by atoms with Gasteiger partial charge in [-0.3, -0.25) is 9.48 Å². The van der Waals surface area contributed by atoms with Crippen LogP contribution in [0.25, 0.3) is 0 Å². The summed E-state index contributed by atoms with van der Waals surface area (Å²) < 4.78 is 7.17. The molecule has 1 amide bonds. The van der Waals surface area contributed by atoms with Crippen LogP contribution in [-0.4, -0.2) is 46.4 Å². The third kappa shape index (κ3) is 2.77. The molecule has 1 aromatic rings. The Hall–Kier alpha value is -1.56. The number of amides is 1. The minimum atomic E-state index is 0.0318. The second kappa shape index (κ2) is 5.67. The number of aryl methyl sites for hydroxylation is 2. The molecule has 21 heavy (non-hydrogen) atoms. The van der Waals surface area contributed by atoms with Gasteiger partial charge in [0, 0.05) is 31.7 Å². The summed E-state index contributed by atoms with van der Waals surface area (Å²) in [6.07, 6.45) is 3.23. The van der Waals surface area contributed by atoms with E-state index >= 15 is 0 Å². The first-order valence-electron chi connectivity index (χ1n) is 7.83. The number of carbonyl (C=O) groups excluding carboxylic acids is 1. The van der Waals surface area contributed by atoms with Crippen LogP contribution < -0.4 is 5.73 Å². The Morgan fingerprint density at radius 2 is 2.24 bits per heavy atom. The summed E-state index contributed by atoms with van der Waals surface area (Å²) in [6.45, 7) is 6.84. The number of ether oxygens (including phenoxy) is 1. The van der Waals surface area contributed by atoms with Crippen LogP contribution in [-0.2, 0) is 11.3 Å². The van der Waals surface area contributed by atoms with E-state index in [1.807, 2.05) is 18.7 Å². The van der Waals surface area contributed by atoms with Gasteiger partial charge < -0.3 is 15.4 Å². The molecule has 0 spiro atoms. The average Bonchev–Trinajstić information content (AvgIpc) is 3.10. The summed E-state index contributed by atoms with van der Waals surface area (Å²) in [6, 6.07) is 0.373. The van der Waals surface area contributed by atoms with Gasteiger partial charge >= 0.3 is 0 Å². The van der Waals surface area contributed by atoms with E-state index in [4.69, 9.17) is 10.5 Å². The molecule has 2 heterocycles. The maximum Gasteiger partial charge on any atom is 0.274 e. The Morgan fingerprint density at radius 1 is 1.48 bits per heavy atom. The van der Waals surface area contributed by atoms with E-state index in [9.17, 15) is 4.79 Å². The van der Waals surface area contributed by atoms with Crippen LogP contribution in [0.1, 0.15) is 42.4 Å². The summed E-state index contributed by atoms with van der Waals surface area (Å²) in [7, 11) is 0. The van der Waals surface area contributed by atoms with E-state index in [1.54, 1.807) is 4.68 Å². The van der Waals surface area contributed by atoms with Crippen molar-refractivity contribution in [3.8, 4) is 0 Å². The van der Waals surface area contributed by atoms with Crippen molar-refractivity contribution in [2.75, 3.05) is 25.5 Å². The van der Waals surface area contributed by atoms with Gasteiger partial charge in [-0.25, -0.2) is 0 Å². The van der Waals surface area contributed by atoms with Gasteiger partial charge in [-0.05, 0) is 33.1 Å². The lowest BCUT2D eigenvalue weighted by Gasteiger charge is -2.25. The zero-order valence-corrected chi connectivity index (χ0v) is 12.8. The average molecular weight is 292 g/mol. The second-order valence-corrected chi connectivity index (χ2v) is 6.08. The van der Waals surface area contributed by atoms with Gasteiger partial charge in [-0.2, -0.15) is 5.10 Å². The van der Waals surface area contributed by atoms with Crippen LogP contribution >= 0.6 is 0 Å². The molecule has 1 saturated carbocycles. The largest absolute Gasteiger partial charge is 0.395 e. The molecule has 1 atom stereocenters. The first kappa shape index (κ1) is 14.4. The van der Waals surface area contributed by atoms with Crippen molar-refractivity contribution < 1.29 is 9.53 Å². The fraction of sp³-hybridized carbons (Fsp3) is 0.733. The molecule has 1 unspecified atom stereocenters. The molecule has 2 fully saturated rings. The molecule has 0 radical (unpaired) electrons. The van der Waals surface area contributed by atoms with Crippen LogP contribution in [0.15, 0.2) is 0 Å². The molecule has 6 nitrogen and oxygen atoms in total. The van der Waals surface area contributed by atoms with Gasteiger partial charge in [0.05, 0.1) is 18.0 Å². The number of nitrogens with two attached hydrogens (primary N) is 1. The van der Waals surface area contributed by atoms with Gasteiger partial charge in [-0.15, -0.1) is 0 Å². The lowest BCUT2D eigenvalue weighted by Crippen LogP contribution is -2.38. The van der Waals surface area contributed by atoms with E-state index in [2.05, 4.69) is 5.10 Å². The van der Waals surface area contributed by atoms with Crippen molar-refractivity contribution in [1.29, 1.82) is 0 Å². The Morgan fingerprint density at radius 3 is 2.81 bits per heavy atom. The molecule has 1 aliphatic carbocycles. The summed E-state index contributed by atoms with van der Waals surface area (Å²) in [4.78, 5) is 15.0. The van der Waals surface area contributed by atoms with Crippen molar-refractivity contribution in [3.05, 3.63) is 11.4 Å². The standard InChI is InChI=1S/C15H24N4O2/c1-3-19-14(13(16)10(2)17-19)15(20)18(12-4-5-12)8-11-6-7-21-9-11/h11-12H,3-9,16H2,1-2H3. The van der Waals surface area contributed by atoms with Gasteiger partial charge in [0.25, 0.3) is 5.91 Å². The number of aromatic nitrogens is 2. The lowest BCUT2D eigenvalue weighted by molar-refractivity contribution is 0.0695. The highest BCUT2D eigenvalue weighted by Crippen LogP contribution is 2.31. The third-order valence-electron chi connectivity index (χ3n) is 4.40. The molecule has 2 N–H and O–H groups in total. The molecule has 1 saturated heterocycles. The van der Waals surface area contributed by atoms with E-state index in [-0.39, 0.29) is 5.91 Å². The van der Waals surface area contributed by atoms with Crippen molar-refractivity contribution in [3.63, 3.8) is 0 Å². The smallest absolute Gasteiger partial charge is 0.274 e. The highest BCUT2D eigenvalue weighted by Gasteiger charge is 2.37. The molecular weight excluding hydrogens is 268 g/mol. The Balaban J connectivity index is 1.83. The summed E-state index contributed by atoms with van der Waals surface area (Å²) in [5.74, 6) is 0.485. The zero-order valence-electron chi connectivity index (χ0n) is 12.8. The molecule has 2 aliphatic rings. The van der Waals surface area contributed by atoms with Crippen molar-refractivity contribution >= 4 is 11.6 Å². The Bertz CT molecular complexity index is 530. The monoisotopic (exact) mass is 292 g/mol. The van der Waals surface area contributed by atoms with E-state index in [0.717, 1.165) is 44.7 Å². The van der Waals surface area contributed by atoms with Gasteiger partial charge in [-0.1, -0.05) is 0 Å². The first-order chi connectivity index (χ1) is 10.1. The SMILES string of the molecule is CCn1nc(C)c(N)c1C(=O)N(CC1CCOC1)C1CC1. The molecule has 116 valence electrons. The van der Waals surface area contributed by atoms with Crippen LogP contribution in [0.2, 0.25) is 0 Å². The zero-order chi connectivity index (χ0) is 15.0. The van der Waals surface area contributed by atoms with Crippen molar-refractivity contribution in [2.24, 2.45) is 5.92 Å². The maximum absolute atomic E-state index is 13.0. The summed E-state index contributed by atoms with van der Waals surface area (Å²) in [5.41, 5.74) is 7.91. The van der Waals surface area contributed by atoms with E-state index in [0.29, 0.717) is 29.9 Å². The van der Waals surface area contributed by atoms with Crippen LogP contribution in [0.5, 0.6) is 0 Å². The number of anilines is 1. The topological polar surface area (TPSA) is 73.4 Å². The molecule has 1 aliphatic heterocycles. The van der Waals surface area contributed by atoms with Gasteiger partial charge in [0.15, 0.2) is 0 Å². The normalized spacial score (nSPS) is 21.7. The van der Waals surface area contributed by atoms with Crippen LogP contribution in [0.3, 0.4) is 0 Å². The van der Waals surface area contributed by atoms with E-state index in [1.165, 1.54) is 0 Å². The molecular formula is C15H24N4O2. The van der Waals surface area contributed by atoms with Crippen LogP contribution in [0, 0.1) is 12.8 Å². The fourth-order valence-corrected chi connectivity index (χ4v) is 2.98. The number of hydrogen-bond acceptors (Lipinski definition) is 4. The fourth-order valence-electron chi connectivity index (χ4n) is 2.98. The Labute approximate surface area is 125 Å². The number of nitrogen functional groups attached to an aromatic ring is 1. The number of nitrogens with zero attached hydrogens (tertiary/aromatic N) is 3. The van der Waals surface area contributed by atoms with Gasteiger partial charge in [0.1, 0.15) is 5.69 Å². The maximum atomic E-state index is 13.0. The lowest BCUT2D eigenvalue weighted by atomic mass is 10.1. The molecule has 0 bridgehead atoms. The minimum absolute atomic E-state index is 0.0318. The Kier molecular flexibility index (Phi) is 3.89. The van der Waals surface area contributed by atoms with E-state index < -0.39 is 0 Å². The van der Waals surface area contributed by atoms with Gasteiger partial charge in [0.2, 0.25) is 0 Å². The number of rotatable bonds is 5. The summed E-state index contributed by atoms with van der Waals surface area (Å²) in [5, 5.41) is 4.36. The quantitative estimate of drug-likeness (QED) is 0.891. The third-order valence-corrected chi connectivity index (χ3v) is 4.40. The minimum Gasteiger partial charge on any atom is -0.395 e. The predicted octanol–water partition coefficient (Wildman–Crippen LogP) is 1.43. The van der Waals surface area contributed by atoms with Crippen LogP contribution in [0.4, 0.5) is 5.69 Å². The molecule has 3 rings (SSSR count). The second-order valence-electron chi connectivity index (χ2n) is 6.08. The van der Waals surface area contributed by atoms with Crippen molar-refractivity contribution in [1.82, 2.24) is 14.7 Å². The highest BCUT2D eigenvalue weighted by molar-refractivity contribution is 5.98. The predicted molar refractivity (Wildman–Crippen MR) is 80.0 cm³/mol. The molecule has 0 aromatic carbocycles. The number of carbonyl (C=O) groups is 1. The summed E-state index contributed by atoms with van der Waals surface area (Å²) >= 11 is 0. The first-order valence-corrected chi connectivity index (χ1v) is 7.83. The highest BCUT2D eigenvalue weighted by atomic mass is 16.5.